The molecule has 0 bridgehead atoms. The van der Waals surface area contributed by atoms with E-state index in [0.717, 1.165) is 5.69 Å². The molecule has 0 radical (unpaired) electrons. The number of hydrogen-bond donors (Lipinski definition) is 3. The number of nitrogens with zero attached hydrogens (tertiary/aromatic N) is 1. The van der Waals surface area contributed by atoms with Crippen molar-refractivity contribution in [3.63, 3.8) is 0 Å². The van der Waals surface area contributed by atoms with Gasteiger partial charge >= 0.3 is 0 Å². The topological polar surface area (TPSA) is 78.6 Å². The van der Waals surface area contributed by atoms with Gasteiger partial charge in [0.25, 0.3) is 5.91 Å². The average Bonchev–Trinajstić information content (AvgIpc) is 2.38. The number of nitrogen functional groups attached to an aromatic ring is 1. The average molecular weight is 271 g/mol. The van der Waals surface area contributed by atoms with Gasteiger partial charge in [0.1, 0.15) is 5.75 Å². The lowest BCUT2D eigenvalue weighted by molar-refractivity contribution is 0.102. The molecule has 1 amide bonds. The second-order valence-electron chi connectivity index (χ2n) is 4.67. The standard InChI is InChI=1S/C15H17N3O2/c1-18(2)14-7-6-10(8-13(14)16)15(20)17-11-4-3-5-12(19)9-11/h3-9,19H,16H2,1-2H3,(H,17,20). The van der Waals surface area contributed by atoms with Gasteiger partial charge in [-0.25, -0.2) is 0 Å². The van der Waals surface area contributed by atoms with Crippen LogP contribution in [0.2, 0.25) is 0 Å². The molecule has 2 aromatic rings. The van der Waals surface area contributed by atoms with Crippen molar-refractivity contribution in [3.05, 3.63) is 48.0 Å². The monoisotopic (exact) mass is 271 g/mol. The number of nitrogens with two attached hydrogens (primary N) is 1. The number of nitrogens with one attached hydrogen (secondary N) is 1. The molecule has 104 valence electrons. The van der Waals surface area contributed by atoms with E-state index in [-0.39, 0.29) is 11.7 Å². The molecule has 0 aliphatic carbocycles. The third-order valence-electron chi connectivity index (χ3n) is 2.88. The molecular formula is C15H17N3O2. The fourth-order valence-corrected chi connectivity index (χ4v) is 1.89. The highest BCUT2D eigenvalue weighted by molar-refractivity contribution is 6.05. The van der Waals surface area contributed by atoms with Crippen molar-refractivity contribution in [1.82, 2.24) is 0 Å². The maximum absolute atomic E-state index is 12.1. The van der Waals surface area contributed by atoms with E-state index < -0.39 is 0 Å². The summed E-state index contributed by atoms with van der Waals surface area (Å²) in [6.07, 6.45) is 0. The molecule has 2 aromatic carbocycles. The number of phenols is 1. The van der Waals surface area contributed by atoms with Crippen LogP contribution in [-0.2, 0) is 0 Å². The summed E-state index contributed by atoms with van der Waals surface area (Å²) in [7, 11) is 3.77. The third kappa shape index (κ3) is 3.00. The number of phenolic OH excluding ortho intramolecular Hbond substituents is 1. The second-order valence-corrected chi connectivity index (χ2v) is 4.67. The number of carbonyl (C=O) groups excluding carboxylic acids is 1. The van der Waals surface area contributed by atoms with Crippen LogP contribution in [0.5, 0.6) is 5.75 Å². The molecular weight excluding hydrogens is 254 g/mol. The summed E-state index contributed by atoms with van der Waals surface area (Å²) < 4.78 is 0. The van der Waals surface area contributed by atoms with Gasteiger partial charge < -0.3 is 21.1 Å². The zero-order chi connectivity index (χ0) is 14.7. The molecule has 2 rings (SSSR count). The first-order chi connectivity index (χ1) is 9.47. The van der Waals surface area contributed by atoms with Crippen molar-refractivity contribution in [2.24, 2.45) is 0 Å². The van der Waals surface area contributed by atoms with Crippen LogP contribution in [0.4, 0.5) is 17.1 Å². The van der Waals surface area contributed by atoms with E-state index in [0.29, 0.717) is 16.9 Å². The van der Waals surface area contributed by atoms with Gasteiger partial charge in [0.05, 0.1) is 11.4 Å². The molecule has 0 spiro atoms. The van der Waals surface area contributed by atoms with Crippen molar-refractivity contribution < 1.29 is 9.90 Å². The third-order valence-corrected chi connectivity index (χ3v) is 2.88. The van der Waals surface area contributed by atoms with E-state index >= 15 is 0 Å². The summed E-state index contributed by atoms with van der Waals surface area (Å²) in [5.74, 6) is -0.169. The van der Waals surface area contributed by atoms with Gasteiger partial charge in [-0.2, -0.15) is 0 Å². The summed E-state index contributed by atoms with van der Waals surface area (Å²) in [5.41, 5.74) is 8.32. The zero-order valence-electron chi connectivity index (χ0n) is 11.4. The van der Waals surface area contributed by atoms with Crippen LogP contribution in [-0.4, -0.2) is 25.1 Å². The van der Waals surface area contributed by atoms with Crippen LogP contribution in [0.3, 0.4) is 0 Å². The molecule has 0 aromatic heterocycles. The van der Waals surface area contributed by atoms with Gasteiger partial charge in [-0.05, 0) is 30.3 Å². The zero-order valence-corrected chi connectivity index (χ0v) is 11.4. The number of rotatable bonds is 3. The lowest BCUT2D eigenvalue weighted by atomic mass is 10.1. The first kappa shape index (κ1) is 13.7. The smallest absolute Gasteiger partial charge is 0.255 e. The molecule has 5 heteroatoms. The maximum Gasteiger partial charge on any atom is 0.255 e. The molecule has 0 aliphatic rings. The molecule has 0 atom stereocenters. The molecule has 0 heterocycles. The Labute approximate surface area is 117 Å². The highest BCUT2D eigenvalue weighted by atomic mass is 16.3. The summed E-state index contributed by atoms with van der Waals surface area (Å²) in [5, 5.41) is 12.1. The van der Waals surface area contributed by atoms with Gasteiger partial charge in [-0.1, -0.05) is 6.07 Å². The predicted octanol–water partition coefficient (Wildman–Crippen LogP) is 2.29. The number of hydrogen-bond acceptors (Lipinski definition) is 4. The van der Waals surface area contributed by atoms with E-state index in [4.69, 9.17) is 5.73 Å². The number of carbonyl (C=O) groups is 1. The van der Waals surface area contributed by atoms with E-state index in [1.807, 2.05) is 19.0 Å². The number of amides is 1. The highest BCUT2D eigenvalue weighted by Gasteiger charge is 2.09. The minimum Gasteiger partial charge on any atom is -0.508 e. The fraction of sp³-hybridized carbons (Fsp3) is 0.133. The Morgan fingerprint density at radius 2 is 1.95 bits per heavy atom. The molecule has 0 saturated carbocycles. The summed E-state index contributed by atoms with van der Waals surface area (Å²) in [6.45, 7) is 0. The summed E-state index contributed by atoms with van der Waals surface area (Å²) in [4.78, 5) is 14.0. The van der Waals surface area contributed by atoms with Crippen molar-refractivity contribution >= 4 is 23.0 Å². The number of aromatic hydroxyl groups is 1. The van der Waals surface area contributed by atoms with Crippen LogP contribution >= 0.6 is 0 Å². The molecule has 0 unspecified atom stereocenters. The fourth-order valence-electron chi connectivity index (χ4n) is 1.89. The normalized spacial score (nSPS) is 10.1. The maximum atomic E-state index is 12.1. The van der Waals surface area contributed by atoms with Crippen molar-refractivity contribution in [2.75, 3.05) is 30.0 Å². The SMILES string of the molecule is CN(C)c1ccc(C(=O)Nc2cccc(O)c2)cc1N. The van der Waals surface area contributed by atoms with E-state index in [2.05, 4.69) is 5.32 Å². The Bertz CT molecular complexity index is 639. The van der Waals surface area contributed by atoms with Crippen LogP contribution in [0.25, 0.3) is 0 Å². The van der Waals surface area contributed by atoms with Crippen molar-refractivity contribution in [1.29, 1.82) is 0 Å². The summed E-state index contributed by atoms with van der Waals surface area (Å²) >= 11 is 0. The van der Waals surface area contributed by atoms with E-state index in [1.165, 1.54) is 6.07 Å². The molecule has 0 saturated heterocycles. The Hall–Kier alpha value is -2.69. The highest BCUT2D eigenvalue weighted by Crippen LogP contribution is 2.23. The van der Waals surface area contributed by atoms with E-state index in [1.54, 1.807) is 36.4 Å². The number of anilines is 3. The van der Waals surface area contributed by atoms with Crippen molar-refractivity contribution in [3.8, 4) is 5.75 Å². The quantitative estimate of drug-likeness (QED) is 0.748. The molecule has 0 fully saturated rings. The first-order valence-electron chi connectivity index (χ1n) is 6.14. The first-order valence-corrected chi connectivity index (χ1v) is 6.14. The summed E-state index contributed by atoms with van der Waals surface area (Å²) in [6, 6.07) is 11.5. The minimum absolute atomic E-state index is 0.102. The lowest BCUT2D eigenvalue weighted by Gasteiger charge is -2.16. The van der Waals surface area contributed by atoms with Gasteiger partial charge in [-0.15, -0.1) is 0 Å². The van der Waals surface area contributed by atoms with Crippen LogP contribution in [0.15, 0.2) is 42.5 Å². The van der Waals surface area contributed by atoms with Crippen LogP contribution < -0.4 is 16.0 Å². The van der Waals surface area contributed by atoms with E-state index in [9.17, 15) is 9.90 Å². The van der Waals surface area contributed by atoms with Crippen LogP contribution in [0, 0.1) is 0 Å². The Morgan fingerprint density at radius 3 is 2.55 bits per heavy atom. The Balaban J connectivity index is 2.19. The Kier molecular flexibility index (Phi) is 3.79. The van der Waals surface area contributed by atoms with Gasteiger partial charge in [0.15, 0.2) is 0 Å². The molecule has 4 N–H and O–H groups in total. The molecule has 20 heavy (non-hydrogen) atoms. The van der Waals surface area contributed by atoms with Gasteiger partial charge in [0.2, 0.25) is 0 Å². The van der Waals surface area contributed by atoms with Gasteiger partial charge in [0, 0.05) is 31.4 Å². The minimum atomic E-state index is -0.271. The van der Waals surface area contributed by atoms with Crippen molar-refractivity contribution in [2.45, 2.75) is 0 Å². The number of benzene rings is 2. The Morgan fingerprint density at radius 1 is 1.20 bits per heavy atom. The predicted molar refractivity (Wildman–Crippen MR) is 81.2 cm³/mol. The largest absolute Gasteiger partial charge is 0.508 e. The van der Waals surface area contributed by atoms with Crippen LogP contribution in [0.1, 0.15) is 10.4 Å². The van der Waals surface area contributed by atoms with Gasteiger partial charge in [-0.3, -0.25) is 4.79 Å². The molecule has 0 aliphatic heterocycles. The molecule has 5 nitrogen and oxygen atoms in total. The second kappa shape index (κ2) is 5.52. The lowest BCUT2D eigenvalue weighted by Crippen LogP contribution is -2.14.